The molecule has 130 valence electrons. The van der Waals surface area contributed by atoms with Gasteiger partial charge in [-0.2, -0.15) is 5.10 Å². The highest BCUT2D eigenvalue weighted by molar-refractivity contribution is 6.00. The van der Waals surface area contributed by atoms with Gasteiger partial charge in [0, 0.05) is 11.8 Å². The van der Waals surface area contributed by atoms with Gasteiger partial charge in [0.15, 0.2) is 5.69 Å². The Kier molecular flexibility index (Phi) is 4.60. The number of hydrogen-bond acceptors (Lipinski definition) is 7. The molecule has 0 fully saturated rings. The largest absolute Gasteiger partial charge is 0.481 e. The fraction of sp³-hybridized carbons (Fsp3) is 0.353. The second kappa shape index (κ2) is 6.84. The van der Waals surface area contributed by atoms with E-state index in [1.807, 2.05) is 19.9 Å². The first-order chi connectivity index (χ1) is 12.0. The predicted molar refractivity (Wildman–Crippen MR) is 90.6 cm³/mol. The molecule has 0 amide bonds. The van der Waals surface area contributed by atoms with E-state index < -0.39 is 5.97 Å². The van der Waals surface area contributed by atoms with Gasteiger partial charge in [-0.25, -0.2) is 14.8 Å². The summed E-state index contributed by atoms with van der Waals surface area (Å²) in [5.41, 5.74) is 4.03. The van der Waals surface area contributed by atoms with E-state index in [1.165, 1.54) is 6.33 Å². The first-order valence-electron chi connectivity index (χ1n) is 7.89. The first-order valence-corrected chi connectivity index (χ1v) is 7.89. The van der Waals surface area contributed by atoms with Crippen LogP contribution < -0.4 is 4.74 Å². The predicted octanol–water partition coefficient (Wildman–Crippen LogP) is 2.07. The van der Waals surface area contributed by atoms with Crippen LogP contribution in [0.4, 0.5) is 0 Å². The first kappa shape index (κ1) is 16.8. The standard InChI is InChI=1S/C17H19N5O3/c1-5-25-17(23)15-14-13(6-10(2)7-18-14)22(21-15)8-12-11(3)16(24-4)20-9-19-12/h6-7,9H,5,8H2,1-4H3. The normalized spacial score (nSPS) is 10.9. The molecule has 3 aromatic rings. The molecule has 0 radical (unpaired) electrons. The van der Waals surface area contributed by atoms with E-state index in [2.05, 4.69) is 20.1 Å². The lowest BCUT2D eigenvalue weighted by Crippen LogP contribution is -2.10. The van der Waals surface area contributed by atoms with E-state index in [9.17, 15) is 4.79 Å². The number of methoxy groups -OCH3 is 1. The molecule has 8 nitrogen and oxygen atoms in total. The van der Waals surface area contributed by atoms with Crippen molar-refractivity contribution < 1.29 is 14.3 Å². The number of ether oxygens (including phenoxy) is 2. The van der Waals surface area contributed by atoms with Gasteiger partial charge in [-0.05, 0) is 32.4 Å². The quantitative estimate of drug-likeness (QED) is 0.656. The van der Waals surface area contributed by atoms with Crippen LogP contribution in [0.1, 0.15) is 34.2 Å². The Bertz CT molecular complexity index is 935. The number of hydrogen-bond donors (Lipinski definition) is 0. The van der Waals surface area contributed by atoms with Crippen LogP contribution in [0.3, 0.4) is 0 Å². The topological polar surface area (TPSA) is 92.0 Å². The number of carbonyl (C=O) groups excluding carboxylic acids is 1. The van der Waals surface area contributed by atoms with Crippen LogP contribution in [-0.2, 0) is 11.3 Å². The molecule has 0 aliphatic rings. The van der Waals surface area contributed by atoms with E-state index in [-0.39, 0.29) is 12.3 Å². The summed E-state index contributed by atoms with van der Waals surface area (Å²) in [6.45, 7) is 6.22. The van der Waals surface area contributed by atoms with Crippen molar-refractivity contribution in [1.29, 1.82) is 0 Å². The minimum atomic E-state index is -0.486. The number of aromatic nitrogens is 5. The monoisotopic (exact) mass is 341 g/mol. The molecule has 0 aromatic carbocycles. The molecule has 3 rings (SSSR count). The second-order valence-corrected chi connectivity index (χ2v) is 5.56. The van der Waals surface area contributed by atoms with Gasteiger partial charge in [0.1, 0.15) is 11.8 Å². The van der Waals surface area contributed by atoms with Gasteiger partial charge in [0.05, 0.1) is 31.5 Å². The number of rotatable bonds is 5. The Morgan fingerprint density at radius 3 is 2.76 bits per heavy atom. The highest BCUT2D eigenvalue weighted by Crippen LogP contribution is 2.22. The number of aryl methyl sites for hydroxylation is 1. The van der Waals surface area contributed by atoms with Crippen LogP contribution in [0.2, 0.25) is 0 Å². The summed E-state index contributed by atoms with van der Waals surface area (Å²) in [4.78, 5) is 25.0. The summed E-state index contributed by atoms with van der Waals surface area (Å²) in [5, 5.41) is 4.42. The summed E-state index contributed by atoms with van der Waals surface area (Å²) in [6, 6.07) is 1.94. The molecule has 0 atom stereocenters. The average Bonchev–Trinajstić information content (AvgIpc) is 2.95. The van der Waals surface area contributed by atoms with E-state index in [1.54, 1.807) is 24.9 Å². The minimum absolute atomic E-state index is 0.204. The summed E-state index contributed by atoms with van der Waals surface area (Å²) in [6.07, 6.45) is 3.15. The van der Waals surface area contributed by atoms with Gasteiger partial charge in [0.2, 0.25) is 5.88 Å². The summed E-state index contributed by atoms with van der Waals surface area (Å²) in [7, 11) is 1.56. The van der Waals surface area contributed by atoms with E-state index in [4.69, 9.17) is 9.47 Å². The van der Waals surface area contributed by atoms with Crippen molar-refractivity contribution in [3.63, 3.8) is 0 Å². The van der Waals surface area contributed by atoms with Crippen molar-refractivity contribution in [2.75, 3.05) is 13.7 Å². The number of esters is 1. The zero-order valence-corrected chi connectivity index (χ0v) is 14.6. The van der Waals surface area contributed by atoms with Crippen molar-refractivity contribution in [3.05, 3.63) is 41.1 Å². The smallest absolute Gasteiger partial charge is 0.361 e. The maximum absolute atomic E-state index is 12.2. The van der Waals surface area contributed by atoms with Crippen LogP contribution in [0.25, 0.3) is 11.0 Å². The molecule has 25 heavy (non-hydrogen) atoms. The van der Waals surface area contributed by atoms with Gasteiger partial charge in [-0.1, -0.05) is 0 Å². The molecule has 0 saturated heterocycles. The summed E-state index contributed by atoms with van der Waals surface area (Å²) in [5.74, 6) is 0.0287. The zero-order valence-electron chi connectivity index (χ0n) is 14.6. The zero-order chi connectivity index (χ0) is 18.0. The van der Waals surface area contributed by atoms with Crippen LogP contribution in [0.5, 0.6) is 5.88 Å². The Morgan fingerprint density at radius 2 is 2.04 bits per heavy atom. The van der Waals surface area contributed by atoms with Crippen LogP contribution >= 0.6 is 0 Å². The SMILES string of the molecule is CCOC(=O)c1nn(Cc2ncnc(OC)c2C)c2cc(C)cnc12. The molecule has 0 N–H and O–H groups in total. The molecule has 3 aromatic heterocycles. The van der Waals surface area contributed by atoms with Gasteiger partial charge in [-0.3, -0.25) is 9.67 Å². The van der Waals surface area contributed by atoms with Gasteiger partial charge >= 0.3 is 5.97 Å². The van der Waals surface area contributed by atoms with Crippen LogP contribution in [0.15, 0.2) is 18.6 Å². The molecule has 0 aliphatic heterocycles. The van der Waals surface area contributed by atoms with Crippen molar-refractivity contribution in [2.45, 2.75) is 27.3 Å². The van der Waals surface area contributed by atoms with Gasteiger partial charge in [0.25, 0.3) is 0 Å². The average molecular weight is 341 g/mol. The molecule has 8 heteroatoms. The fourth-order valence-corrected chi connectivity index (χ4v) is 2.59. The highest BCUT2D eigenvalue weighted by Gasteiger charge is 2.21. The van der Waals surface area contributed by atoms with E-state index in [0.717, 1.165) is 22.3 Å². The second-order valence-electron chi connectivity index (χ2n) is 5.56. The molecule has 3 heterocycles. The fourth-order valence-electron chi connectivity index (χ4n) is 2.59. The Labute approximate surface area is 144 Å². The van der Waals surface area contributed by atoms with Gasteiger partial charge < -0.3 is 9.47 Å². The molecule has 0 unspecified atom stereocenters. The lowest BCUT2D eigenvalue weighted by molar-refractivity contribution is 0.0520. The van der Waals surface area contributed by atoms with Crippen molar-refractivity contribution in [3.8, 4) is 5.88 Å². The van der Waals surface area contributed by atoms with Crippen molar-refractivity contribution in [1.82, 2.24) is 24.7 Å². The number of fused-ring (bicyclic) bond motifs is 1. The molecule has 0 spiro atoms. The molecule has 0 bridgehead atoms. The molecule has 0 aliphatic carbocycles. The third-order valence-corrected chi connectivity index (χ3v) is 3.83. The maximum atomic E-state index is 12.2. The summed E-state index contributed by atoms with van der Waals surface area (Å²) < 4.78 is 12.0. The van der Waals surface area contributed by atoms with Crippen molar-refractivity contribution >= 4 is 17.0 Å². The lowest BCUT2D eigenvalue weighted by atomic mass is 10.2. The van der Waals surface area contributed by atoms with Crippen LogP contribution in [-0.4, -0.2) is 44.4 Å². The van der Waals surface area contributed by atoms with E-state index >= 15 is 0 Å². The Hall–Kier alpha value is -3.03. The van der Waals surface area contributed by atoms with Gasteiger partial charge in [-0.15, -0.1) is 0 Å². The molecular formula is C17H19N5O3. The van der Waals surface area contributed by atoms with Crippen LogP contribution in [0, 0.1) is 13.8 Å². The van der Waals surface area contributed by atoms with Crippen molar-refractivity contribution in [2.24, 2.45) is 0 Å². The number of nitrogens with zero attached hydrogens (tertiary/aromatic N) is 5. The third kappa shape index (κ3) is 3.15. The maximum Gasteiger partial charge on any atom is 0.361 e. The minimum Gasteiger partial charge on any atom is -0.481 e. The lowest BCUT2D eigenvalue weighted by Gasteiger charge is -2.09. The highest BCUT2D eigenvalue weighted by atomic mass is 16.5. The van der Waals surface area contributed by atoms with E-state index in [0.29, 0.717) is 17.9 Å². The summed E-state index contributed by atoms with van der Waals surface area (Å²) >= 11 is 0. The number of pyridine rings is 1. The Balaban J connectivity index is 2.10. The number of carbonyl (C=O) groups is 1. The molecule has 0 saturated carbocycles. The third-order valence-electron chi connectivity index (χ3n) is 3.83. The molecular weight excluding hydrogens is 322 g/mol. The Morgan fingerprint density at radius 1 is 1.24 bits per heavy atom.